The number of pyridine rings is 1. The summed E-state index contributed by atoms with van der Waals surface area (Å²) in [6.45, 7) is 0. The van der Waals surface area contributed by atoms with Gasteiger partial charge in [0.25, 0.3) is 0 Å². The lowest BCUT2D eigenvalue weighted by molar-refractivity contribution is 0.667. The van der Waals surface area contributed by atoms with Gasteiger partial charge < -0.3 is 4.42 Å². The molecule has 5 nitrogen and oxygen atoms in total. The van der Waals surface area contributed by atoms with Crippen LogP contribution in [-0.2, 0) is 0 Å². The van der Waals surface area contributed by atoms with Crippen LogP contribution >= 0.6 is 0 Å². The number of aromatic nitrogens is 4. The van der Waals surface area contributed by atoms with Crippen LogP contribution in [0.25, 0.3) is 116 Å². The number of rotatable bonds is 5. The average Bonchev–Trinajstić information content (AvgIpc) is 3.83. The Bertz CT molecular complexity index is 3540. The zero-order valence-electron chi connectivity index (χ0n) is 31.2. The number of fused-ring (bicyclic) bond motifs is 9. The molecule has 0 atom stereocenters. The molecule has 0 amide bonds. The van der Waals surface area contributed by atoms with Crippen molar-refractivity contribution in [3.05, 3.63) is 194 Å². The van der Waals surface area contributed by atoms with Crippen molar-refractivity contribution in [2.45, 2.75) is 0 Å². The van der Waals surface area contributed by atoms with E-state index < -0.39 is 0 Å². The molecule has 12 aromatic rings. The molecular formula is C53H32N4O. The van der Waals surface area contributed by atoms with Crippen molar-refractivity contribution in [2.75, 3.05) is 0 Å². The van der Waals surface area contributed by atoms with Gasteiger partial charge in [0, 0.05) is 38.9 Å². The Balaban J connectivity index is 1.08. The van der Waals surface area contributed by atoms with Gasteiger partial charge in [-0.2, -0.15) is 0 Å². The van der Waals surface area contributed by atoms with Crippen molar-refractivity contribution in [1.82, 2.24) is 19.5 Å². The predicted octanol–water partition coefficient (Wildman–Crippen LogP) is 13.8. The maximum absolute atomic E-state index is 6.75. The number of hydrogen-bond donors (Lipinski definition) is 0. The van der Waals surface area contributed by atoms with Crippen LogP contribution in [0.4, 0.5) is 0 Å². The highest BCUT2D eigenvalue weighted by molar-refractivity contribution is 6.20. The Hall–Kier alpha value is -7.89. The zero-order valence-corrected chi connectivity index (χ0v) is 31.2. The number of nitrogens with zero attached hydrogens (tertiary/aromatic N) is 4. The van der Waals surface area contributed by atoms with E-state index in [1.807, 2.05) is 36.5 Å². The van der Waals surface area contributed by atoms with Crippen LogP contribution in [0.15, 0.2) is 199 Å². The third kappa shape index (κ3) is 5.07. The normalized spacial score (nSPS) is 11.8. The predicted molar refractivity (Wildman–Crippen MR) is 238 cm³/mol. The van der Waals surface area contributed by atoms with Crippen LogP contribution in [-0.4, -0.2) is 19.5 Å². The van der Waals surface area contributed by atoms with Crippen molar-refractivity contribution < 1.29 is 4.42 Å². The summed E-state index contributed by atoms with van der Waals surface area (Å²) >= 11 is 0. The first-order valence-electron chi connectivity index (χ1n) is 19.5. The fourth-order valence-electron chi connectivity index (χ4n) is 8.67. The van der Waals surface area contributed by atoms with E-state index in [9.17, 15) is 0 Å². The Labute approximate surface area is 333 Å². The fourth-order valence-corrected chi connectivity index (χ4v) is 8.67. The molecule has 4 heterocycles. The molecule has 0 saturated carbocycles. The maximum Gasteiger partial charge on any atom is 0.180 e. The summed E-state index contributed by atoms with van der Waals surface area (Å²) in [6.07, 6.45) is 1.90. The molecule has 0 bridgehead atoms. The van der Waals surface area contributed by atoms with Gasteiger partial charge in [-0.3, -0.25) is 4.57 Å². The van der Waals surface area contributed by atoms with Gasteiger partial charge in [-0.25, -0.2) is 15.0 Å². The highest BCUT2D eigenvalue weighted by Gasteiger charge is 2.22. The molecule has 4 aromatic heterocycles. The Morgan fingerprint density at radius 1 is 0.431 bits per heavy atom. The van der Waals surface area contributed by atoms with Gasteiger partial charge in [0.15, 0.2) is 11.4 Å². The first kappa shape index (κ1) is 32.4. The van der Waals surface area contributed by atoms with Gasteiger partial charge >= 0.3 is 0 Å². The molecule has 0 spiro atoms. The minimum absolute atomic E-state index is 0.583. The van der Waals surface area contributed by atoms with Crippen LogP contribution < -0.4 is 0 Å². The quantitative estimate of drug-likeness (QED) is 0.176. The maximum atomic E-state index is 6.75. The molecule has 0 aliphatic rings. The summed E-state index contributed by atoms with van der Waals surface area (Å²) in [5, 5.41) is 8.11. The molecule has 5 heteroatoms. The molecule has 0 saturated heterocycles. The number of furan rings is 1. The van der Waals surface area contributed by atoms with Gasteiger partial charge in [0.05, 0.1) is 11.0 Å². The topological polar surface area (TPSA) is 56.7 Å². The Morgan fingerprint density at radius 2 is 1.07 bits per heavy atom. The summed E-state index contributed by atoms with van der Waals surface area (Å²) < 4.78 is 9.06. The molecule has 0 radical (unpaired) electrons. The van der Waals surface area contributed by atoms with Gasteiger partial charge in [0.1, 0.15) is 22.6 Å². The molecule has 58 heavy (non-hydrogen) atoms. The van der Waals surface area contributed by atoms with E-state index in [-0.39, 0.29) is 0 Å². The van der Waals surface area contributed by atoms with Gasteiger partial charge in [-0.15, -0.1) is 0 Å². The molecule has 0 unspecified atom stereocenters. The highest BCUT2D eigenvalue weighted by Crippen LogP contribution is 2.42. The summed E-state index contributed by atoms with van der Waals surface area (Å²) in [4.78, 5) is 15.7. The Kier molecular flexibility index (Phi) is 7.16. The molecular weight excluding hydrogens is 709 g/mol. The first-order chi connectivity index (χ1) is 28.7. The minimum Gasteiger partial charge on any atom is -0.452 e. The summed E-state index contributed by atoms with van der Waals surface area (Å²) in [7, 11) is 0. The van der Waals surface area contributed by atoms with Crippen LogP contribution in [0.2, 0.25) is 0 Å². The van der Waals surface area contributed by atoms with Crippen molar-refractivity contribution in [1.29, 1.82) is 0 Å². The molecule has 0 N–H and O–H groups in total. The second-order valence-electron chi connectivity index (χ2n) is 14.8. The van der Waals surface area contributed by atoms with Crippen molar-refractivity contribution >= 4 is 65.4 Å². The van der Waals surface area contributed by atoms with Gasteiger partial charge in [-0.05, 0) is 74.8 Å². The third-order valence-corrected chi connectivity index (χ3v) is 11.4. The van der Waals surface area contributed by atoms with Crippen molar-refractivity contribution in [3.63, 3.8) is 0 Å². The van der Waals surface area contributed by atoms with Crippen LogP contribution in [0, 0.1) is 0 Å². The summed E-state index contributed by atoms with van der Waals surface area (Å²) in [5.74, 6) is 1.41. The van der Waals surface area contributed by atoms with E-state index in [0.29, 0.717) is 11.4 Å². The highest BCUT2D eigenvalue weighted by atomic mass is 16.3. The van der Waals surface area contributed by atoms with Crippen LogP contribution in [0.3, 0.4) is 0 Å². The standard InChI is InChI=1S/C53H32N4O/c1-4-14-33(15-5-1)42-30-45-47(31-43(42)34-16-6-2-7-17-34)58-52-49(36-19-8-3-9-20-36)55-53(56-50(45)52)39-25-27-48(54-32-39)57-46-29-38-22-11-10-21-37(38)28-44(46)41-26-24-35-18-12-13-23-40(35)51(41)57/h1-32H. The van der Waals surface area contributed by atoms with E-state index in [1.54, 1.807) is 0 Å². The summed E-state index contributed by atoms with van der Waals surface area (Å²) in [6, 6.07) is 66.0. The second kappa shape index (κ2) is 12.8. The number of benzene rings is 8. The second-order valence-corrected chi connectivity index (χ2v) is 14.8. The van der Waals surface area contributed by atoms with Gasteiger partial charge in [0.2, 0.25) is 0 Å². The van der Waals surface area contributed by atoms with E-state index in [4.69, 9.17) is 19.4 Å². The third-order valence-electron chi connectivity index (χ3n) is 11.4. The molecule has 12 rings (SSSR count). The SMILES string of the molecule is c1ccc(-c2cc3oc4c(-c5ccccc5)nc(-c5ccc(-n6c7cc8ccccc8cc7c7ccc8ccccc8c76)nc5)nc4c3cc2-c2ccccc2)cc1. The first-order valence-corrected chi connectivity index (χ1v) is 19.5. The minimum atomic E-state index is 0.583. The van der Waals surface area contributed by atoms with Crippen molar-refractivity contribution in [2.24, 2.45) is 0 Å². The lowest BCUT2D eigenvalue weighted by Crippen LogP contribution is -1.99. The lowest BCUT2D eigenvalue weighted by atomic mass is 9.93. The molecule has 0 aliphatic carbocycles. The van der Waals surface area contributed by atoms with Gasteiger partial charge in [-0.1, -0.05) is 152 Å². The van der Waals surface area contributed by atoms with Crippen LogP contribution in [0.5, 0.6) is 0 Å². The summed E-state index contributed by atoms with van der Waals surface area (Å²) in [5.41, 5.74) is 11.4. The van der Waals surface area contributed by atoms with Crippen molar-refractivity contribution in [3.8, 4) is 50.7 Å². The van der Waals surface area contributed by atoms with E-state index >= 15 is 0 Å². The van der Waals surface area contributed by atoms with E-state index in [0.717, 1.165) is 72.4 Å². The monoisotopic (exact) mass is 740 g/mol. The number of hydrogen-bond acceptors (Lipinski definition) is 4. The molecule has 0 fully saturated rings. The fraction of sp³-hybridized carbons (Fsp3) is 0. The smallest absolute Gasteiger partial charge is 0.180 e. The molecule has 270 valence electrons. The molecule has 0 aliphatic heterocycles. The van der Waals surface area contributed by atoms with Crippen LogP contribution in [0.1, 0.15) is 0 Å². The molecule has 8 aromatic carbocycles. The van der Waals surface area contributed by atoms with E-state index in [2.05, 4.69) is 162 Å². The van der Waals surface area contributed by atoms with E-state index in [1.165, 1.54) is 32.3 Å². The largest absolute Gasteiger partial charge is 0.452 e. The zero-order chi connectivity index (χ0) is 38.2. The lowest BCUT2D eigenvalue weighted by Gasteiger charge is -2.11. The average molecular weight is 741 g/mol. The Morgan fingerprint density at radius 3 is 1.78 bits per heavy atom.